The third-order valence-corrected chi connectivity index (χ3v) is 5.74. The van der Waals surface area contributed by atoms with Crippen molar-refractivity contribution in [2.75, 3.05) is 12.8 Å². The molecule has 6 heteroatoms. The molecule has 27 heavy (non-hydrogen) atoms. The maximum Gasteiger partial charge on any atom is 0.287 e. The second-order valence-electron chi connectivity index (χ2n) is 7.15. The van der Waals surface area contributed by atoms with E-state index in [1.165, 1.54) is 71.8 Å². The fourth-order valence-electron chi connectivity index (χ4n) is 2.77. The average molecular weight is 404 g/mol. The van der Waals surface area contributed by atoms with Gasteiger partial charge >= 0.3 is 0 Å². The van der Waals surface area contributed by atoms with Crippen molar-refractivity contribution in [2.24, 2.45) is 0 Å². The zero-order chi connectivity index (χ0) is 20.4. The molecule has 0 aromatic carbocycles. The zero-order valence-electron chi connectivity index (χ0n) is 17.7. The van der Waals surface area contributed by atoms with Gasteiger partial charge in [0.15, 0.2) is 0 Å². The standard InChI is InChI=1S/C21H41NO4S/c1-4-6-7-8-9-10-11-12-13-14-15-16-17-18-19-20-21(23)22(3)26-27(24,25)5-2/h12-13H,4-11,14-20H2,1-3H3. The summed E-state index contributed by atoms with van der Waals surface area (Å²) in [6, 6.07) is 0. The molecular formula is C21H41NO4S. The Labute approximate surface area is 167 Å². The smallest absolute Gasteiger partial charge is 0.273 e. The highest BCUT2D eigenvalue weighted by atomic mass is 32.2. The van der Waals surface area contributed by atoms with E-state index in [1.807, 2.05) is 0 Å². The molecule has 0 heterocycles. The first-order chi connectivity index (χ1) is 12.9. The van der Waals surface area contributed by atoms with Crippen molar-refractivity contribution >= 4 is 16.0 Å². The van der Waals surface area contributed by atoms with Gasteiger partial charge in [-0.25, -0.2) is 5.06 Å². The number of carbonyl (C=O) groups is 1. The van der Waals surface area contributed by atoms with E-state index in [-0.39, 0.29) is 11.7 Å². The number of rotatable bonds is 18. The van der Waals surface area contributed by atoms with Crippen LogP contribution in [0.5, 0.6) is 0 Å². The summed E-state index contributed by atoms with van der Waals surface area (Å²) in [7, 11) is -2.27. The van der Waals surface area contributed by atoms with Crippen LogP contribution in [-0.4, -0.2) is 32.2 Å². The molecule has 0 rings (SSSR count). The number of hydrogen-bond donors (Lipinski definition) is 0. The summed E-state index contributed by atoms with van der Waals surface area (Å²) in [4.78, 5) is 11.8. The van der Waals surface area contributed by atoms with Gasteiger partial charge in [0.1, 0.15) is 0 Å². The molecule has 0 unspecified atom stereocenters. The number of unbranched alkanes of at least 4 members (excludes halogenated alkanes) is 11. The Hall–Kier alpha value is -0.880. The summed E-state index contributed by atoms with van der Waals surface area (Å²) in [6.45, 7) is 3.73. The van der Waals surface area contributed by atoms with Crippen LogP contribution >= 0.6 is 0 Å². The Kier molecular flexibility index (Phi) is 16.7. The van der Waals surface area contributed by atoms with Gasteiger partial charge in [-0.3, -0.25) is 4.79 Å². The fraction of sp³-hybridized carbons (Fsp3) is 0.857. The molecule has 5 nitrogen and oxygen atoms in total. The SMILES string of the molecule is CCCCCCCCC=CCCCCCCCC(=O)N(C)OS(=O)(=O)CC. The molecule has 0 aromatic heterocycles. The molecule has 0 fully saturated rings. The Morgan fingerprint density at radius 3 is 1.81 bits per heavy atom. The van der Waals surface area contributed by atoms with Gasteiger partial charge < -0.3 is 0 Å². The molecule has 160 valence electrons. The molecular weight excluding hydrogens is 362 g/mol. The zero-order valence-corrected chi connectivity index (χ0v) is 18.6. The summed E-state index contributed by atoms with van der Waals surface area (Å²) in [5.41, 5.74) is 0. The van der Waals surface area contributed by atoms with Gasteiger partial charge in [0, 0.05) is 13.5 Å². The molecule has 0 aliphatic rings. The summed E-state index contributed by atoms with van der Waals surface area (Å²) >= 11 is 0. The predicted octanol–water partition coefficient (Wildman–Crippen LogP) is 5.76. The molecule has 0 saturated carbocycles. The first-order valence-corrected chi connectivity index (χ1v) is 12.3. The van der Waals surface area contributed by atoms with Crippen LogP contribution in [0.15, 0.2) is 12.2 Å². The molecule has 0 aliphatic carbocycles. The third kappa shape index (κ3) is 17.0. The molecule has 0 saturated heterocycles. The molecule has 0 radical (unpaired) electrons. The van der Waals surface area contributed by atoms with E-state index in [1.54, 1.807) is 0 Å². The van der Waals surface area contributed by atoms with Crippen molar-refractivity contribution in [3.05, 3.63) is 12.2 Å². The highest BCUT2D eigenvalue weighted by molar-refractivity contribution is 7.86. The molecule has 1 amide bonds. The Morgan fingerprint density at radius 2 is 1.30 bits per heavy atom. The number of nitrogens with zero attached hydrogens (tertiary/aromatic N) is 1. The van der Waals surface area contributed by atoms with Gasteiger partial charge in [0.25, 0.3) is 10.1 Å². The van der Waals surface area contributed by atoms with Crippen LogP contribution in [0, 0.1) is 0 Å². The van der Waals surface area contributed by atoms with Crippen LogP contribution in [0.1, 0.15) is 104 Å². The van der Waals surface area contributed by atoms with Crippen molar-refractivity contribution in [1.82, 2.24) is 5.06 Å². The van der Waals surface area contributed by atoms with Gasteiger partial charge in [-0.05, 0) is 39.0 Å². The maximum atomic E-state index is 11.8. The van der Waals surface area contributed by atoms with Crippen molar-refractivity contribution in [2.45, 2.75) is 104 Å². The van der Waals surface area contributed by atoms with Gasteiger partial charge in [-0.2, -0.15) is 8.42 Å². The van der Waals surface area contributed by atoms with E-state index in [4.69, 9.17) is 0 Å². The van der Waals surface area contributed by atoms with E-state index in [2.05, 4.69) is 23.4 Å². The van der Waals surface area contributed by atoms with Crippen LogP contribution in [0.3, 0.4) is 0 Å². The largest absolute Gasteiger partial charge is 0.287 e. The topological polar surface area (TPSA) is 63.7 Å². The van der Waals surface area contributed by atoms with Crippen LogP contribution in [0.4, 0.5) is 0 Å². The highest BCUT2D eigenvalue weighted by Gasteiger charge is 2.16. The maximum absolute atomic E-state index is 11.8. The molecule has 0 aromatic rings. The molecule has 0 bridgehead atoms. The van der Waals surface area contributed by atoms with Gasteiger partial charge in [-0.15, -0.1) is 4.28 Å². The number of hydroxylamine groups is 2. The second-order valence-corrected chi connectivity index (χ2v) is 8.99. The van der Waals surface area contributed by atoms with E-state index >= 15 is 0 Å². The van der Waals surface area contributed by atoms with Crippen molar-refractivity contribution in [3.63, 3.8) is 0 Å². The summed E-state index contributed by atoms with van der Waals surface area (Å²) in [6.07, 6.45) is 20.6. The Balaban J connectivity index is 3.46. The lowest BCUT2D eigenvalue weighted by Gasteiger charge is -2.15. The fourth-order valence-corrected chi connectivity index (χ4v) is 3.30. The summed E-state index contributed by atoms with van der Waals surface area (Å²) in [5.74, 6) is -0.428. The Morgan fingerprint density at radius 1 is 0.815 bits per heavy atom. The molecule has 0 spiro atoms. The van der Waals surface area contributed by atoms with E-state index in [9.17, 15) is 13.2 Å². The quantitative estimate of drug-likeness (QED) is 0.166. The second kappa shape index (κ2) is 17.2. The van der Waals surface area contributed by atoms with Crippen molar-refractivity contribution < 1.29 is 17.5 Å². The lowest BCUT2D eigenvalue weighted by molar-refractivity contribution is -0.151. The van der Waals surface area contributed by atoms with Crippen molar-refractivity contribution in [3.8, 4) is 0 Å². The minimum absolute atomic E-state index is 0.141. The Bertz CT molecular complexity index is 488. The third-order valence-electron chi connectivity index (χ3n) is 4.58. The normalized spacial score (nSPS) is 12.0. The first kappa shape index (κ1) is 26.1. The predicted molar refractivity (Wildman–Crippen MR) is 113 cm³/mol. The first-order valence-electron chi connectivity index (χ1n) is 10.8. The molecule has 0 atom stereocenters. The molecule has 0 aliphatic heterocycles. The number of carbonyl (C=O) groups excluding carboxylic acids is 1. The van der Waals surface area contributed by atoms with E-state index in [0.717, 1.165) is 30.7 Å². The lowest BCUT2D eigenvalue weighted by Crippen LogP contribution is -2.30. The lowest BCUT2D eigenvalue weighted by atomic mass is 10.1. The minimum atomic E-state index is -3.62. The number of allylic oxidation sites excluding steroid dienone is 2. The monoisotopic (exact) mass is 403 g/mol. The van der Waals surface area contributed by atoms with Gasteiger partial charge in [-0.1, -0.05) is 70.4 Å². The minimum Gasteiger partial charge on any atom is -0.273 e. The van der Waals surface area contributed by atoms with Gasteiger partial charge in [0.2, 0.25) is 5.91 Å². The van der Waals surface area contributed by atoms with Crippen LogP contribution in [-0.2, 0) is 19.2 Å². The van der Waals surface area contributed by atoms with Crippen LogP contribution < -0.4 is 0 Å². The van der Waals surface area contributed by atoms with Crippen molar-refractivity contribution in [1.29, 1.82) is 0 Å². The van der Waals surface area contributed by atoms with Crippen LogP contribution in [0.2, 0.25) is 0 Å². The summed E-state index contributed by atoms with van der Waals surface area (Å²) in [5, 5.41) is 0.841. The highest BCUT2D eigenvalue weighted by Crippen LogP contribution is 2.11. The van der Waals surface area contributed by atoms with E-state index in [0.29, 0.717) is 6.42 Å². The number of hydrogen-bond acceptors (Lipinski definition) is 4. The van der Waals surface area contributed by atoms with Gasteiger partial charge in [0.05, 0.1) is 5.75 Å². The summed E-state index contributed by atoms with van der Waals surface area (Å²) < 4.78 is 27.3. The average Bonchev–Trinajstić information content (AvgIpc) is 2.64. The van der Waals surface area contributed by atoms with E-state index < -0.39 is 10.1 Å². The van der Waals surface area contributed by atoms with Crippen LogP contribution in [0.25, 0.3) is 0 Å². The molecule has 0 N–H and O–H groups in total. The number of amides is 1.